The number of halogens is 3. The van der Waals surface area contributed by atoms with E-state index in [1.165, 1.54) is 6.07 Å². The van der Waals surface area contributed by atoms with Crippen molar-refractivity contribution in [1.82, 2.24) is 0 Å². The third kappa shape index (κ3) is 2.34. The fourth-order valence-electron chi connectivity index (χ4n) is 2.32. The Morgan fingerprint density at radius 1 is 1.14 bits per heavy atom. The van der Waals surface area contributed by atoms with Crippen molar-refractivity contribution in [2.24, 2.45) is 0 Å². The summed E-state index contributed by atoms with van der Waals surface area (Å²) < 4.78 is 32.4. The van der Waals surface area contributed by atoms with Crippen molar-refractivity contribution in [1.29, 1.82) is 0 Å². The first-order valence-corrected chi connectivity index (χ1v) is 6.59. The summed E-state index contributed by atoms with van der Waals surface area (Å²) in [6.07, 6.45) is 0.629. The molecule has 108 valence electrons. The molecule has 0 fully saturated rings. The van der Waals surface area contributed by atoms with E-state index in [1.54, 1.807) is 6.07 Å². The molecule has 0 atom stereocenters. The van der Waals surface area contributed by atoms with Gasteiger partial charge in [0.25, 0.3) is 0 Å². The zero-order valence-electron chi connectivity index (χ0n) is 10.8. The lowest BCUT2D eigenvalue weighted by molar-refractivity contribution is 0.103. The van der Waals surface area contributed by atoms with Crippen LogP contribution in [0.2, 0.25) is 5.02 Å². The molecular weight excluding hydrogens is 300 g/mol. The van der Waals surface area contributed by atoms with Crippen molar-refractivity contribution in [3.05, 3.63) is 57.6 Å². The number of carbonyl (C=O) groups excluding carboxylic acids is 1. The first-order chi connectivity index (χ1) is 9.97. The van der Waals surface area contributed by atoms with Crippen LogP contribution in [0.15, 0.2) is 24.3 Å². The van der Waals surface area contributed by atoms with Gasteiger partial charge in [-0.05, 0) is 23.8 Å². The highest BCUT2D eigenvalue weighted by molar-refractivity contribution is 6.31. The summed E-state index contributed by atoms with van der Waals surface area (Å²) in [5, 5.41) is 0.359. The van der Waals surface area contributed by atoms with Gasteiger partial charge in [0.2, 0.25) is 0 Å². The van der Waals surface area contributed by atoms with E-state index < -0.39 is 17.4 Å². The number of rotatable bonds is 2. The topological polar surface area (TPSA) is 52.3 Å². The van der Waals surface area contributed by atoms with Gasteiger partial charge in [-0.3, -0.25) is 4.79 Å². The Balaban J connectivity index is 2.14. The van der Waals surface area contributed by atoms with Crippen LogP contribution in [0.4, 0.5) is 14.5 Å². The molecule has 1 aliphatic heterocycles. The predicted octanol–water partition coefficient (Wildman–Crippen LogP) is 3.37. The summed E-state index contributed by atoms with van der Waals surface area (Å²) in [5.41, 5.74) is 5.74. The number of hydrogen-bond acceptors (Lipinski definition) is 3. The maximum atomic E-state index is 13.8. The monoisotopic (exact) mass is 309 g/mol. The molecule has 0 radical (unpaired) electrons. The second-order valence-electron chi connectivity index (χ2n) is 4.72. The number of nitrogens with two attached hydrogens (primary N) is 1. The quantitative estimate of drug-likeness (QED) is 0.683. The molecule has 2 N–H and O–H groups in total. The number of fused-ring (bicyclic) bond motifs is 1. The normalized spacial score (nSPS) is 12.9. The van der Waals surface area contributed by atoms with E-state index in [4.69, 9.17) is 22.1 Å². The smallest absolute Gasteiger partial charge is 0.199 e. The maximum Gasteiger partial charge on any atom is 0.199 e. The maximum absolute atomic E-state index is 13.8. The Morgan fingerprint density at radius 3 is 2.67 bits per heavy atom. The Morgan fingerprint density at radius 2 is 1.90 bits per heavy atom. The Kier molecular flexibility index (Phi) is 3.29. The summed E-state index contributed by atoms with van der Waals surface area (Å²) in [7, 11) is 0. The van der Waals surface area contributed by atoms with E-state index >= 15 is 0 Å². The van der Waals surface area contributed by atoms with Crippen LogP contribution in [-0.2, 0) is 6.42 Å². The molecule has 0 amide bonds. The van der Waals surface area contributed by atoms with Crippen molar-refractivity contribution in [2.75, 3.05) is 12.3 Å². The minimum absolute atomic E-state index is 0.153. The van der Waals surface area contributed by atoms with Gasteiger partial charge in [0.1, 0.15) is 17.4 Å². The minimum atomic E-state index is -0.974. The minimum Gasteiger partial charge on any atom is -0.492 e. The Labute approximate surface area is 124 Å². The van der Waals surface area contributed by atoms with Crippen molar-refractivity contribution >= 4 is 23.1 Å². The number of anilines is 1. The van der Waals surface area contributed by atoms with Crippen molar-refractivity contribution in [3.63, 3.8) is 0 Å². The molecule has 0 unspecified atom stereocenters. The molecule has 3 rings (SSSR count). The van der Waals surface area contributed by atoms with Gasteiger partial charge in [-0.1, -0.05) is 11.6 Å². The van der Waals surface area contributed by atoms with Gasteiger partial charge in [0, 0.05) is 17.5 Å². The third-order valence-electron chi connectivity index (χ3n) is 3.32. The van der Waals surface area contributed by atoms with Gasteiger partial charge in [-0.2, -0.15) is 0 Å². The molecule has 1 heterocycles. The number of ether oxygens (including phenoxy) is 1. The molecule has 0 saturated carbocycles. The first kappa shape index (κ1) is 13.8. The van der Waals surface area contributed by atoms with Crippen molar-refractivity contribution in [3.8, 4) is 5.75 Å². The highest BCUT2D eigenvalue weighted by atomic mass is 35.5. The molecule has 0 spiro atoms. The predicted molar refractivity (Wildman–Crippen MR) is 74.9 cm³/mol. The molecular formula is C15H10ClF2NO2. The van der Waals surface area contributed by atoms with Gasteiger partial charge >= 0.3 is 0 Å². The highest BCUT2D eigenvalue weighted by Gasteiger charge is 2.25. The van der Waals surface area contributed by atoms with E-state index in [2.05, 4.69) is 0 Å². The van der Waals surface area contributed by atoms with Gasteiger partial charge in [-0.15, -0.1) is 0 Å². The van der Waals surface area contributed by atoms with Crippen LogP contribution in [0, 0.1) is 11.6 Å². The summed E-state index contributed by atoms with van der Waals surface area (Å²) >= 11 is 5.97. The van der Waals surface area contributed by atoms with Crippen molar-refractivity contribution < 1.29 is 18.3 Å². The van der Waals surface area contributed by atoms with Crippen LogP contribution in [0.5, 0.6) is 5.75 Å². The van der Waals surface area contributed by atoms with E-state index in [1.807, 2.05) is 0 Å². The molecule has 1 aliphatic rings. The second kappa shape index (κ2) is 5.00. The molecule has 2 aromatic rings. The van der Waals surface area contributed by atoms with Gasteiger partial charge in [0.05, 0.1) is 23.4 Å². The second-order valence-corrected chi connectivity index (χ2v) is 5.16. The third-order valence-corrected chi connectivity index (χ3v) is 3.54. The summed E-state index contributed by atoms with van der Waals surface area (Å²) in [4.78, 5) is 12.5. The Hall–Kier alpha value is -2.14. The molecule has 0 aliphatic carbocycles. The lowest BCUT2D eigenvalue weighted by Crippen LogP contribution is -2.08. The van der Waals surface area contributed by atoms with Crippen molar-refractivity contribution in [2.45, 2.75) is 6.42 Å². The zero-order chi connectivity index (χ0) is 15.1. The molecule has 0 saturated heterocycles. The van der Waals surface area contributed by atoms with Crippen LogP contribution in [-0.4, -0.2) is 12.4 Å². The Bertz CT molecular complexity index is 762. The van der Waals surface area contributed by atoms with Gasteiger partial charge < -0.3 is 10.5 Å². The van der Waals surface area contributed by atoms with Crippen LogP contribution in [0.25, 0.3) is 0 Å². The summed E-state index contributed by atoms with van der Waals surface area (Å²) in [6, 6.07) is 4.69. The molecule has 0 bridgehead atoms. The molecule has 0 aromatic heterocycles. The fraction of sp³-hybridized carbons (Fsp3) is 0.133. The van der Waals surface area contributed by atoms with E-state index in [0.29, 0.717) is 29.9 Å². The number of hydrogen-bond donors (Lipinski definition) is 1. The average Bonchev–Trinajstić information content (AvgIpc) is 2.89. The largest absolute Gasteiger partial charge is 0.492 e. The average molecular weight is 310 g/mol. The number of nitrogen functional groups attached to an aromatic ring is 1. The van der Waals surface area contributed by atoms with Crippen LogP contribution < -0.4 is 10.5 Å². The van der Waals surface area contributed by atoms with Crippen LogP contribution >= 0.6 is 11.6 Å². The van der Waals surface area contributed by atoms with Gasteiger partial charge in [0.15, 0.2) is 5.78 Å². The fourth-order valence-corrected chi connectivity index (χ4v) is 2.56. The summed E-state index contributed by atoms with van der Waals surface area (Å²) in [6.45, 7) is 0.435. The van der Waals surface area contributed by atoms with Crippen LogP contribution in [0.1, 0.15) is 21.5 Å². The number of ketones is 1. The highest BCUT2D eigenvalue weighted by Crippen LogP contribution is 2.34. The zero-order valence-corrected chi connectivity index (χ0v) is 11.5. The van der Waals surface area contributed by atoms with Gasteiger partial charge in [-0.25, -0.2) is 8.78 Å². The molecule has 3 nitrogen and oxygen atoms in total. The first-order valence-electron chi connectivity index (χ1n) is 6.22. The lowest BCUT2D eigenvalue weighted by Gasteiger charge is -2.09. The van der Waals surface area contributed by atoms with E-state index in [0.717, 1.165) is 11.6 Å². The standard InChI is InChI=1S/C15H10ClF2NO2/c16-8-3-7-1-2-21-15(7)10(4-8)14(20)9-5-13(19)12(18)6-11(9)17/h3-6H,1-2,19H2. The molecule has 2 aromatic carbocycles. The number of carbonyl (C=O) groups is 1. The van der Waals surface area contributed by atoms with Crippen LogP contribution in [0.3, 0.4) is 0 Å². The lowest BCUT2D eigenvalue weighted by atomic mass is 9.99. The summed E-state index contributed by atoms with van der Waals surface area (Å²) in [5.74, 6) is -2.12. The number of benzene rings is 2. The SMILES string of the molecule is Nc1cc(C(=O)c2cc(Cl)cc3c2OCC3)c(F)cc1F. The molecule has 6 heteroatoms. The van der Waals surface area contributed by atoms with E-state index in [9.17, 15) is 13.6 Å². The van der Waals surface area contributed by atoms with E-state index in [-0.39, 0.29) is 16.8 Å². The molecule has 21 heavy (non-hydrogen) atoms.